The number of fused-ring (bicyclic) bond motifs is 1. The van der Waals surface area contributed by atoms with Crippen molar-refractivity contribution in [3.63, 3.8) is 0 Å². The van der Waals surface area contributed by atoms with Crippen molar-refractivity contribution in [2.75, 3.05) is 6.79 Å². The van der Waals surface area contributed by atoms with Crippen LogP contribution >= 0.6 is 0 Å². The van der Waals surface area contributed by atoms with Crippen molar-refractivity contribution in [1.29, 1.82) is 0 Å². The molecule has 1 aliphatic rings. The highest BCUT2D eigenvalue weighted by molar-refractivity contribution is 6.05. The van der Waals surface area contributed by atoms with Gasteiger partial charge in [-0.3, -0.25) is 9.59 Å². The van der Waals surface area contributed by atoms with Gasteiger partial charge in [-0.2, -0.15) is 0 Å². The van der Waals surface area contributed by atoms with E-state index < -0.39 is 23.8 Å². The van der Waals surface area contributed by atoms with E-state index >= 15 is 0 Å². The van der Waals surface area contributed by atoms with Crippen LogP contribution in [0.4, 0.5) is 0 Å². The Balaban J connectivity index is 1.59. The summed E-state index contributed by atoms with van der Waals surface area (Å²) in [6, 6.07) is 15.7. The molecule has 1 aliphatic heterocycles. The van der Waals surface area contributed by atoms with Gasteiger partial charge in [0.2, 0.25) is 6.79 Å². The molecule has 2 aromatic carbocycles. The van der Waals surface area contributed by atoms with E-state index in [4.69, 9.17) is 13.9 Å². The van der Waals surface area contributed by atoms with Crippen LogP contribution in [-0.2, 0) is 16.0 Å². The Morgan fingerprint density at radius 3 is 2.52 bits per heavy atom. The number of carbonyl (C=O) groups is 3. The summed E-state index contributed by atoms with van der Waals surface area (Å²) in [5.74, 6) is -1.57. The Morgan fingerprint density at radius 1 is 1.00 bits per heavy atom. The minimum atomic E-state index is -1.21. The molecule has 0 spiro atoms. The fraction of sp³-hybridized carbons (Fsp3) is 0.125. The van der Waals surface area contributed by atoms with Crippen LogP contribution in [-0.4, -0.2) is 35.7 Å². The van der Waals surface area contributed by atoms with Crippen molar-refractivity contribution < 1.29 is 33.4 Å². The molecule has 0 saturated heterocycles. The van der Waals surface area contributed by atoms with Crippen LogP contribution < -0.4 is 20.1 Å². The number of carboxylic acid groups (broad SMARTS) is 1. The average molecular weight is 448 g/mol. The van der Waals surface area contributed by atoms with Gasteiger partial charge in [0.1, 0.15) is 11.7 Å². The largest absolute Gasteiger partial charge is 0.480 e. The summed E-state index contributed by atoms with van der Waals surface area (Å²) in [5, 5.41) is 14.6. The first kappa shape index (κ1) is 21.7. The highest BCUT2D eigenvalue weighted by atomic mass is 16.7. The lowest BCUT2D eigenvalue weighted by Crippen LogP contribution is -2.45. The standard InChI is InChI=1S/C24H20N2O7/c27-22(26-18(24(29)30)11-15-5-2-1-3-6-15)17(25-23(28)20-7-4-10-31-20)12-16-8-9-19-21(13-16)33-14-32-19/h1-10,12-13,18H,11,14H2,(H,25,28)(H,26,27)(H,29,30)/b17-12-. The lowest BCUT2D eigenvalue weighted by atomic mass is 10.1. The zero-order chi connectivity index (χ0) is 23.2. The van der Waals surface area contributed by atoms with Crippen LogP contribution in [0, 0.1) is 0 Å². The SMILES string of the molecule is O=C(NC(Cc1ccccc1)C(=O)O)/C(=C/c1ccc2c(c1)OCO2)NC(=O)c1ccco1. The molecule has 4 rings (SSSR count). The van der Waals surface area contributed by atoms with E-state index in [-0.39, 0.29) is 24.7 Å². The molecule has 3 N–H and O–H groups in total. The first-order valence-corrected chi connectivity index (χ1v) is 10.0. The van der Waals surface area contributed by atoms with Crippen LogP contribution in [0.15, 0.2) is 77.0 Å². The minimum absolute atomic E-state index is 0.00143. The molecule has 1 unspecified atom stereocenters. The van der Waals surface area contributed by atoms with Crippen molar-refractivity contribution in [1.82, 2.24) is 10.6 Å². The number of furan rings is 1. The Labute approximate surface area is 188 Å². The zero-order valence-electron chi connectivity index (χ0n) is 17.3. The predicted molar refractivity (Wildman–Crippen MR) is 116 cm³/mol. The number of carbonyl (C=O) groups excluding carboxylic acids is 2. The molecule has 33 heavy (non-hydrogen) atoms. The Bertz CT molecular complexity index is 1190. The molecule has 2 amide bonds. The fourth-order valence-electron chi connectivity index (χ4n) is 3.21. The number of rotatable bonds is 8. The summed E-state index contributed by atoms with van der Waals surface area (Å²) in [4.78, 5) is 37.4. The molecule has 0 radical (unpaired) electrons. The second kappa shape index (κ2) is 9.73. The Morgan fingerprint density at radius 2 is 1.79 bits per heavy atom. The number of benzene rings is 2. The van der Waals surface area contributed by atoms with E-state index in [9.17, 15) is 19.5 Å². The molecular weight excluding hydrogens is 428 g/mol. The van der Waals surface area contributed by atoms with E-state index in [1.54, 1.807) is 42.5 Å². The lowest BCUT2D eigenvalue weighted by Gasteiger charge is -2.16. The number of carboxylic acids is 1. The normalized spacial score (nSPS) is 13.3. The molecule has 0 fully saturated rings. The van der Waals surface area contributed by atoms with Gasteiger partial charge in [-0.25, -0.2) is 4.79 Å². The topological polar surface area (TPSA) is 127 Å². The summed E-state index contributed by atoms with van der Waals surface area (Å²) in [6.07, 6.45) is 2.82. The molecular formula is C24H20N2O7. The Kier molecular flexibility index (Phi) is 6.40. The number of aliphatic carboxylic acids is 1. The quantitative estimate of drug-likeness (QED) is 0.452. The second-order valence-corrected chi connectivity index (χ2v) is 7.16. The van der Waals surface area contributed by atoms with E-state index in [0.717, 1.165) is 5.56 Å². The predicted octanol–water partition coefficient (Wildman–Crippen LogP) is 2.59. The molecule has 9 nitrogen and oxygen atoms in total. The number of nitrogens with one attached hydrogen (secondary N) is 2. The molecule has 0 aliphatic carbocycles. The Hall–Kier alpha value is -4.53. The van der Waals surface area contributed by atoms with E-state index in [1.807, 2.05) is 6.07 Å². The second-order valence-electron chi connectivity index (χ2n) is 7.16. The van der Waals surface area contributed by atoms with Crippen LogP contribution in [0.1, 0.15) is 21.7 Å². The molecule has 2 heterocycles. The first-order chi connectivity index (χ1) is 16.0. The van der Waals surface area contributed by atoms with Gasteiger partial charge in [-0.05, 0) is 41.5 Å². The molecule has 3 aromatic rings. The monoisotopic (exact) mass is 448 g/mol. The van der Waals surface area contributed by atoms with Gasteiger partial charge in [-0.1, -0.05) is 36.4 Å². The third-order valence-electron chi connectivity index (χ3n) is 4.83. The van der Waals surface area contributed by atoms with E-state index in [2.05, 4.69) is 10.6 Å². The van der Waals surface area contributed by atoms with Gasteiger partial charge in [0.15, 0.2) is 17.3 Å². The van der Waals surface area contributed by atoms with Crippen LogP contribution in [0.25, 0.3) is 6.08 Å². The number of hydrogen-bond acceptors (Lipinski definition) is 6. The van der Waals surface area contributed by atoms with Crippen LogP contribution in [0.5, 0.6) is 11.5 Å². The minimum Gasteiger partial charge on any atom is -0.480 e. The zero-order valence-corrected chi connectivity index (χ0v) is 17.3. The van der Waals surface area contributed by atoms with Crippen LogP contribution in [0.2, 0.25) is 0 Å². The molecule has 1 aromatic heterocycles. The summed E-state index contributed by atoms with van der Waals surface area (Å²) in [6.45, 7) is 0.0881. The number of hydrogen-bond donors (Lipinski definition) is 3. The van der Waals surface area contributed by atoms with Gasteiger partial charge in [0.05, 0.1) is 6.26 Å². The van der Waals surface area contributed by atoms with Crippen molar-refractivity contribution in [3.05, 3.63) is 89.5 Å². The van der Waals surface area contributed by atoms with Gasteiger partial charge >= 0.3 is 5.97 Å². The maximum absolute atomic E-state index is 13.0. The molecule has 0 saturated carbocycles. The number of ether oxygens (including phenoxy) is 2. The first-order valence-electron chi connectivity index (χ1n) is 10.0. The van der Waals surface area contributed by atoms with E-state index in [1.165, 1.54) is 24.5 Å². The smallest absolute Gasteiger partial charge is 0.326 e. The van der Waals surface area contributed by atoms with Gasteiger partial charge < -0.3 is 29.6 Å². The van der Waals surface area contributed by atoms with Crippen LogP contribution in [0.3, 0.4) is 0 Å². The third-order valence-corrected chi connectivity index (χ3v) is 4.83. The lowest BCUT2D eigenvalue weighted by molar-refractivity contribution is -0.141. The highest BCUT2D eigenvalue weighted by Gasteiger charge is 2.24. The highest BCUT2D eigenvalue weighted by Crippen LogP contribution is 2.33. The summed E-state index contributed by atoms with van der Waals surface area (Å²) >= 11 is 0. The van der Waals surface area contributed by atoms with Gasteiger partial charge in [-0.15, -0.1) is 0 Å². The summed E-state index contributed by atoms with van der Waals surface area (Å²) < 4.78 is 15.7. The maximum Gasteiger partial charge on any atom is 0.326 e. The number of amides is 2. The molecule has 168 valence electrons. The summed E-state index contributed by atoms with van der Waals surface area (Å²) in [5.41, 5.74) is 1.12. The summed E-state index contributed by atoms with van der Waals surface area (Å²) in [7, 11) is 0. The molecule has 9 heteroatoms. The van der Waals surface area contributed by atoms with Gasteiger partial charge in [0.25, 0.3) is 11.8 Å². The molecule has 0 bridgehead atoms. The van der Waals surface area contributed by atoms with Crippen molar-refractivity contribution in [3.8, 4) is 11.5 Å². The third kappa shape index (κ3) is 5.40. The van der Waals surface area contributed by atoms with Crippen molar-refractivity contribution in [2.24, 2.45) is 0 Å². The average Bonchev–Trinajstić information content (AvgIpc) is 3.50. The van der Waals surface area contributed by atoms with E-state index in [0.29, 0.717) is 17.1 Å². The van der Waals surface area contributed by atoms with Crippen molar-refractivity contribution >= 4 is 23.9 Å². The fourth-order valence-corrected chi connectivity index (χ4v) is 3.21. The maximum atomic E-state index is 13.0. The molecule has 1 atom stereocenters. The van der Waals surface area contributed by atoms with Gasteiger partial charge in [0, 0.05) is 6.42 Å². The van der Waals surface area contributed by atoms with Crippen molar-refractivity contribution in [2.45, 2.75) is 12.5 Å².